The fraction of sp³-hybridized carbons (Fsp3) is 1.00. The van der Waals surface area contributed by atoms with E-state index < -0.39 is 9.84 Å². The first-order valence-electron chi connectivity index (χ1n) is 6.59. The van der Waals surface area contributed by atoms with Gasteiger partial charge in [-0.15, -0.1) is 11.6 Å². The van der Waals surface area contributed by atoms with Crippen molar-refractivity contribution in [1.82, 2.24) is 4.90 Å². The largest absolute Gasteiger partial charge is 0.298 e. The molecule has 0 radical (unpaired) electrons. The summed E-state index contributed by atoms with van der Waals surface area (Å²) in [4.78, 5) is 2.27. The Kier molecular flexibility index (Phi) is 6.82. The molecule has 0 N–H and O–H groups in total. The lowest BCUT2D eigenvalue weighted by Crippen LogP contribution is -2.38. The Morgan fingerprint density at radius 3 is 2.35 bits per heavy atom. The molecule has 0 aliphatic heterocycles. The maximum absolute atomic E-state index is 11.7. The summed E-state index contributed by atoms with van der Waals surface area (Å²) < 4.78 is 23.4. The average molecular weight is 282 g/mol. The van der Waals surface area contributed by atoms with Crippen molar-refractivity contribution in [2.45, 2.75) is 45.1 Å². The van der Waals surface area contributed by atoms with Gasteiger partial charge < -0.3 is 0 Å². The molecule has 0 spiro atoms. The summed E-state index contributed by atoms with van der Waals surface area (Å²) >= 11 is 5.79. The first-order chi connectivity index (χ1) is 8.09. The molecule has 1 aliphatic rings. The average Bonchev–Trinajstić information content (AvgIpc) is 2.77. The predicted molar refractivity (Wildman–Crippen MR) is 73.5 cm³/mol. The Balaban J connectivity index is 2.43. The normalized spacial score (nSPS) is 18.1. The third kappa shape index (κ3) is 5.58. The third-order valence-corrected chi connectivity index (χ3v) is 5.42. The van der Waals surface area contributed by atoms with E-state index in [4.69, 9.17) is 11.6 Å². The maximum atomic E-state index is 11.7. The van der Waals surface area contributed by atoms with Gasteiger partial charge in [0.1, 0.15) is 0 Å². The predicted octanol–water partition coefficient (Wildman–Crippen LogP) is 2.29. The van der Waals surface area contributed by atoms with Crippen LogP contribution in [0.2, 0.25) is 0 Å². The van der Waals surface area contributed by atoms with Crippen LogP contribution >= 0.6 is 11.6 Å². The van der Waals surface area contributed by atoms with Crippen molar-refractivity contribution in [3.63, 3.8) is 0 Å². The smallest absolute Gasteiger partial charge is 0.151 e. The summed E-state index contributed by atoms with van der Waals surface area (Å²) in [6, 6.07) is 0.561. The maximum Gasteiger partial charge on any atom is 0.151 e. The van der Waals surface area contributed by atoms with Crippen molar-refractivity contribution in [2.24, 2.45) is 0 Å². The molecule has 3 nitrogen and oxygen atoms in total. The molecule has 17 heavy (non-hydrogen) atoms. The minimum absolute atomic E-state index is 0.286. The van der Waals surface area contributed by atoms with E-state index in [0.29, 0.717) is 30.6 Å². The van der Waals surface area contributed by atoms with Crippen LogP contribution in [0.3, 0.4) is 0 Å². The van der Waals surface area contributed by atoms with Crippen molar-refractivity contribution in [3.05, 3.63) is 0 Å². The zero-order valence-electron chi connectivity index (χ0n) is 10.7. The SMILES string of the molecule is CCCS(=O)(=O)CCN(CCCl)C1CCCC1. The lowest BCUT2D eigenvalue weighted by atomic mass is 10.2. The molecule has 0 unspecified atom stereocenters. The highest BCUT2D eigenvalue weighted by Gasteiger charge is 2.23. The monoisotopic (exact) mass is 281 g/mol. The van der Waals surface area contributed by atoms with Crippen LogP contribution in [0.25, 0.3) is 0 Å². The Morgan fingerprint density at radius 1 is 1.18 bits per heavy atom. The number of hydrogen-bond donors (Lipinski definition) is 0. The van der Waals surface area contributed by atoms with Gasteiger partial charge in [-0.3, -0.25) is 4.90 Å². The highest BCUT2D eigenvalue weighted by Crippen LogP contribution is 2.23. The second-order valence-electron chi connectivity index (χ2n) is 4.82. The molecular formula is C12H24ClNO2S. The number of nitrogens with zero attached hydrogens (tertiary/aromatic N) is 1. The van der Waals surface area contributed by atoms with Crippen molar-refractivity contribution in [2.75, 3.05) is 30.5 Å². The van der Waals surface area contributed by atoms with Crippen LogP contribution in [0.4, 0.5) is 0 Å². The van der Waals surface area contributed by atoms with Crippen LogP contribution in [0.5, 0.6) is 0 Å². The van der Waals surface area contributed by atoms with E-state index in [2.05, 4.69) is 4.90 Å². The summed E-state index contributed by atoms with van der Waals surface area (Å²) in [6.07, 6.45) is 5.65. The van der Waals surface area contributed by atoms with Crippen LogP contribution in [-0.2, 0) is 9.84 Å². The molecule has 0 saturated heterocycles. The summed E-state index contributed by atoms with van der Waals surface area (Å²) in [7, 11) is -2.86. The lowest BCUT2D eigenvalue weighted by molar-refractivity contribution is 0.222. The lowest BCUT2D eigenvalue weighted by Gasteiger charge is -2.27. The van der Waals surface area contributed by atoms with Gasteiger partial charge in [0.15, 0.2) is 9.84 Å². The van der Waals surface area contributed by atoms with Gasteiger partial charge in [0.05, 0.1) is 5.75 Å². The van der Waals surface area contributed by atoms with Gasteiger partial charge in [0, 0.05) is 30.8 Å². The van der Waals surface area contributed by atoms with Crippen LogP contribution < -0.4 is 0 Å². The highest BCUT2D eigenvalue weighted by molar-refractivity contribution is 7.91. The van der Waals surface area contributed by atoms with E-state index >= 15 is 0 Å². The molecule has 0 bridgehead atoms. The quantitative estimate of drug-likeness (QED) is 0.641. The van der Waals surface area contributed by atoms with Gasteiger partial charge in [-0.05, 0) is 19.3 Å². The molecule has 1 aliphatic carbocycles. The van der Waals surface area contributed by atoms with E-state index in [1.165, 1.54) is 25.7 Å². The summed E-state index contributed by atoms with van der Waals surface area (Å²) in [5.41, 5.74) is 0. The molecule has 1 rings (SSSR count). The first-order valence-corrected chi connectivity index (χ1v) is 8.95. The Hall–Kier alpha value is 0.200. The van der Waals surface area contributed by atoms with Crippen LogP contribution in [-0.4, -0.2) is 49.8 Å². The molecule has 5 heteroatoms. The number of alkyl halides is 1. The molecule has 1 fully saturated rings. The minimum Gasteiger partial charge on any atom is -0.298 e. The number of rotatable bonds is 8. The summed E-state index contributed by atoms with van der Waals surface area (Å²) in [5.74, 6) is 1.19. The van der Waals surface area contributed by atoms with E-state index in [0.717, 1.165) is 6.54 Å². The number of hydrogen-bond acceptors (Lipinski definition) is 3. The molecule has 0 aromatic rings. The molecule has 0 atom stereocenters. The fourth-order valence-corrected chi connectivity index (χ4v) is 4.08. The topological polar surface area (TPSA) is 37.4 Å². The van der Waals surface area contributed by atoms with Gasteiger partial charge in [0.25, 0.3) is 0 Å². The van der Waals surface area contributed by atoms with Crippen LogP contribution in [0.1, 0.15) is 39.0 Å². The molecule has 0 heterocycles. The molecule has 0 aromatic carbocycles. The Bertz CT molecular complexity index is 300. The van der Waals surface area contributed by atoms with Crippen molar-refractivity contribution < 1.29 is 8.42 Å². The number of sulfone groups is 1. The van der Waals surface area contributed by atoms with Crippen LogP contribution in [0.15, 0.2) is 0 Å². The fourth-order valence-electron chi connectivity index (χ4n) is 2.52. The molecule has 1 saturated carbocycles. The van der Waals surface area contributed by atoms with E-state index in [9.17, 15) is 8.42 Å². The van der Waals surface area contributed by atoms with Gasteiger partial charge in [-0.25, -0.2) is 8.42 Å². The third-order valence-electron chi connectivity index (χ3n) is 3.42. The van der Waals surface area contributed by atoms with Crippen molar-refractivity contribution >= 4 is 21.4 Å². The zero-order chi connectivity index (χ0) is 12.7. The number of halogens is 1. The molecule has 0 aromatic heterocycles. The first kappa shape index (κ1) is 15.3. The Morgan fingerprint density at radius 2 is 1.82 bits per heavy atom. The molecule has 102 valence electrons. The second-order valence-corrected chi connectivity index (χ2v) is 7.50. The van der Waals surface area contributed by atoms with Gasteiger partial charge in [-0.2, -0.15) is 0 Å². The highest BCUT2D eigenvalue weighted by atomic mass is 35.5. The zero-order valence-corrected chi connectivity index (χ0v) is 12.3. The van der Waals surface area contributed by atoms with Crippen molar-refractivity contribution in [1.29, 1.82) is 0 Å². The standard InChI is InChI=1S/C12H24ClNO2S/c1-2-10-17(15,16)11-9-14(8-7-13)12-5-3-4-6-12/h12H,2-11H2,1H3. The van der Waals surface area contributed by atoms with Crippen molar-refractivity contribution in [3.8, 4) is 0 Å². The second kappa shape index (κ2) is 7.59. The van der Waals surface area contributed by atoms with E-state index in [-0.39, 0.29) is 5.75 Å². The molecular weight excluding hydrogens is 258 g/mol. The van der Waals surface area contributed by atoms with Crippen LogP contribution in [0, 0.1) is 0 Å². The van der Waals surface area contributed by atoms with E-state index in [1.807, 2.05) is 6.92 Å². The van der Waals surface area contributed by atoms with Gasteiger partial charge >= 0.3 is 0 Å². The van der Waals surface area contributed by atoms with E-state index in [1.54, 1.807) is 0 Å². The molecule has 0 amide bonds. The minimum atomic E-state index is -2.86. The summed E-state index contributed by atoms with van der Waals surface area (Å²) in [6.45, 7) is 3.37. The Labute approximate surface area is 110 Å². The summed E-state index contributed by atoms with van der Waals surface area (Å²) in [5, 5.41) is 0. The van der Waals surface area contributed by atoms with Gasteiger partial charge in [-0.1, -0.05) is 19.8 Å². The van der Waals surface area contributed by atoms with Gasteiger partial charge in [0.2, 0.25) is 0 Å².